The first-order valence-electron chi connectivity index (χ1n) is 5.72. The summed E-state index contributed by atoms with van der Waals surface area (Å²) in [6, 6.07) is 5.80. The SMILES string of the molecule is C[C@H](C(=O)c1cccc(F)c1)N1CCCC1. The highest BCUT2D eigenvalue weighted by atomic mass is 19.1. The monoisotopic (exact) mass is 221 g/mol. The van der Waals surface area contributed by atoms with Gasteiger partial charge in [0.1, 0.15) is 5.82 Å². The fraction of sp³-hybridized carbons (Fsp3) is 0.462. The summed E-state index contributed by atoms with van der Waals surface area (Å²) in [5, 5.41) is 0. The summed E-state index contributed by atoms with van der Waals surface area (Å²) in [7, 11) is 0. The van der Waals surface area contributed by atoms with E-state index in [1.807, 2.05) is 6.92 Å². The maximum Gasteiger partial charge on any atom is 0.179 e. The van der Waals surface area contributed by atoms with Gasteiger partial charge in [-0.1, -0.05) is 12.1 Å². The van der Waals surface area contributed by atoms with E-state index in [2.05, 4.69) is 4.90 Å². The number of benzene rings is 1. The Bertz CT molecular complexity index is 385. The lowest BCUT2D eigenvalue weighted by molar-refractivity contribution is 0.0866. The molecule has 2 rings (SSSR count). The van der Waals surface area contributed by atoms with Crippen LogP contribution in [0, 0.1) is 5.82 Å². The second-order valence-electron chi connectivity index (χ2n) is 4.29. The van der Waals surface area contributed by atoms with E-state index in [4.69, 9.17) is 0 Å². The van der Waals surface area contributed by atoms with Crippen LogP contribution in [-0.2, 0) is 0 Å². The van der Waals surface area contributed by atoms with E-state index in [-0.39, 0.29) is 17.6 Å². The van der Waals surface area contributed by atoms with Crippen molar-refractivity contribution in [1.29, 1.82) is 0 Å². The van der Waals surface area contributed by atoms with Gasteiger partial charge in [0.25, 0.3) is 0 Å². The van der Waals surface area contributed by atoms with E-state index in [1.165, 1.54) is 12.1 Å². The van der Waals surface area contributed by atoms with Crippen molar-refractivity contribution in [3.05, 3.63) is 35.6 Å². The average Bonchev–Trinajstić information content (AvgIpc) is 2.80. The molecule has 3 heteroatoms. The Balaban J connectivity index is 2.12. The molecular formula is C13H16FNO. The van der Waals surface area contributed by atoms with Gasteiger partial charge in [-0.25, -0.2) is 4.39 Å². The van der Waals surface area contributed by atoms with Crippen LogP contribution in [0.1, 0.15) is 30.1 Å². The molecule has 0 aromatic heterocycles. The molecule has 1 aromatic carbocycles. The van der Waals surface area contributed by atoms with E-state index < -0.39 is 0 Å². The zero-order valence-corrected chi connectivity index (χ0v) is 9.45. The van der Waals surface area contributed by atoms with Gasteiger partial charge in [0.15, 0.2) is 5.78 Å². The van der Waals surface area contributed by atoms with Crippen LogP contribution in [0.3, 0.4) is 0 Å². The van der Waals surface area contributed by atoms with Gasteiger partial charge in [-0.3, -0.25) is 9.69 Å². The van der Waals surface area contributed by atoms with Crippen LogP contribution in [0.25, 0.3) is 0 Å². The molecule has 1 saturated heterocycles. The molecule has 0 amide bonds. The molecule has 16 heavy (non-hydrogen) atoms. The van der Waals surface area contributed by atoms with Crippen LogP contribution in [0.4, 0.5) is 4.39 Å². The number of Topliss-reactive ketones (excluding diaryl/α,β-unsaturated/α-hetero) is 1. The zero-order valence-electron chi connectivity index (χ0n) is 9.45. The summed E-state index contributed by atoms with van der Waals surface area (Å²) in [5.74, 6) is -0.333. The third-order valence-corrected chi connectivity index (χ3v) is 3.18. The highest BCUT2D eigenvalue weighted by Gasteiger charge is 2.24. The fourth-order valence-corrected chi connectivity index (χ4v) is 2.18. The van der Waals surface area contributed by atoms with Crippen molar-refractivity contribution >= 4 is 5.78 Å². The van der Waals surface area contributed by atoms with Crippen LogP contribution < -0.4 is 0 Å². The normalized spacial score (nSPS) is 18.6. The van der Waals surface area contributed by atoms with Gasteiger partial charge < -0.3 is 0 Å². The number of carbonyl (C=O) groups excluding carboxylic acids is 1. The molecule has 0 spiro atoms. The molecule has 1 aliphatic heterocycles. The van der Waals surface area contributed by atoms with Gasteiger partial charge >= 0.3 is 0 Å². The minimum absolute atomic E-state index is 0.0152. The van der Waals surface area contributed by atoms with Crippen molar-refractivity contribution in [3.8, 4) is 0 Å². The molecule has 2 nitrogen and oxygen atoms in total. The Labute approximate surface area is 95.1 Å². The number of nitrogens with zero attached hydrogens (tertiary/aromatic N) is 1. The van der Waals surface area contributed by atoms with E-state index in [9.17, 15) is 9.18 Å². The minimum Gasteiger partial charge on any atom is -0.294 e. The summed E-state index contributed by atoms with van der Waals surface area (Å²) in [4.78, 5) is 14.2. The molecule has 1 fully saturated rings. The van der Waals surface area contributed by atoms with Gasteiger partial charge in [0.2, 0.25) is 0 Å². The minimum atomic E-state index is -0.348. The smallest absolute Gasteiger partial charge is 0.179 e. The van der Waals surface area contributed by atoms with Crippen LogP contribution >= 0.6 is 0 Å². The molecular weight excluding hydrogens is 205 g/mol. The summed E-state index contributed by atoms with van der Waals surface area (Å²) in [6.45, 7) is 3.85. The molecule has 0 saturated carbocycles. The fourth-order valence-electron chi connectivity index (χ4n) is 2.18. The zero-order chi connectivity index (χ0) is 11.5. The average molecular weight is 221 g/mol. The quantitative estimate of drug-likeness (QED) is 0.731. The van der Waals surface area contributed by atoms with Crippen molar-refractivity contribution in [3.63, 3.8) is 0 Å². The molecule has 1 heterocycles. The largest absolute Gasteiger partial charge is 0.294 e. The lowest BCUT2D eigenvalue weighted by atomic mass is 10.0. The third kappa shape index (κ3) is 2.30. The third-order valence-electron chi connectivity index (χ3n) is 3.18. The molecule has 86 valence electrons. The number of ketones is 1. The molecule has 0 bridgehead atoms. The summed E-state index contributed by atoms with van der Waals surface area (Å²) >= 11 is 0. The second kappa shape index (κ2) is 4.74. The number of halogens is 1. The van der Waals surface area contributed by atoms with Crippen LogP contribution in [0.15, 0.2) is 24.3 Å². The van der Waals surface area contributed by atoms with Gasteiger partial charge in [-0.15, -0.1) is 0 Å². The molecule has 0 N–H and O–H groups in total. The molecule has 1 atom stereocenters. The summed E-state index contributed by atoms with van der Waals surface area (Å²) < 4.78 is 13.0. The van der Waals surface area contributed by atoms with Crippen LogP contribution in [-0.4, -0.2) is 29.8 Å². The Morgan fingerprint density at radius 2 is 2.06 bits per heavy atom. The molecule has 1 aromatic rings. The molecule has 0 unspecified atom stereocenters. The van der Waals surface area contributed by atoms with Gasteiger partial charge in [-0.2, -0.15) is 0 Å². The van der Waals surface area contributed by atoms with Gasteiger partial charge in [0.05, 0.1) is 6.04 Å². The van der Waals surface area contributed by atoms with Crippen LogP contribution in [0.2, 0.25) is 0 Å². The summed E-state index contributed by atoms with van der Waals surface area (Å²) in [6.07, 6.45) is 2.31. The maximum absolute atomic E-state index is 13.0. The molecule has 0 radical (unpaired) electrons. The Kier molecular flexibility index (Phi) is 3.34. The van der Waals surface area contributed by atoms with E-state index in [0.29, 0.717) is 5.56 Å². The first-order chi connectivity index (χ1) is 7.68. The topological polar surface area (TPSA) is 20.3 Å². The highest BCUT2D eigenvalue weighted by molar-refractivity contribution is 5.99. The first kappa shape index (κ1) is 11.3. The number of rotatable bonds is 3. The number of hydrogen-bond acceptors (Lipinski definition) is 2. The van der Waals surface area contributed by atoms with Crippen molar-refractivity contribution in [2.75, 3.05) is 13.1 Å². The number of hydrogen-bond donors (Lipinski definition) is 0. The van der Waals surface area contributed by atoms with E-state index in [0.717, 1.165) is 25.9 Å². The number of carbonyl (C=O) groups is 1. The Morgan fingerprint density at radius 1 is 1.38 bits per heavy atom. The predicted octanol–water partition coefficient (Wildman–Crippen LogP) is 2.49. The van der Waals surface area contributed by atoms with Crippen LogP contribution in [0.5, 0.6) is 0 Å². The first-order valence-corrected chi connectivity index (χ1v) is 5.72. The molecule has 0 aliphatic carbocycles. The lowest BCUT2D eigenvalue weighted by Gasteiger charge is -2.22. The lowest BCUT2D eigenvalue weighted by Crippen LogP contribution is -2.36. The van der Waals surface area contributed by atoms with Crippen molar-refractivity contribution in [2.24, 2.45) is 0 Å². The Morgan fingerprint density at radius 3 is 2.69 bits per heavy atom. The van der Waals surface area contributed by atoms with E-state index in [1.54, 1.807) is 12.1 Å². The second-order valence-corrected chi connectivity index (χ2v) is 4.29. The number of likely N-dealkylation sites (tertiary alicyclic amines) is 1. The van der Waals surface area contributed by atoms with Gasteiger partial charge in [0, 0.05) is 5.56 Å². The van der Waals surface area contributed by atoms with Crippen molar-refractivity contribution < 1.29 is 9.18 Å². The highest BCUT2D eigenvalue weighted by Crippen LogP contribution is 2.15. The molecule has 1 aliphatic rings. The van der Waals surface area contributed by atoms with Crippen molar-refractivity contribution in [1.82, 2.24) is 4.90 Å². The predicted molar refractivity (Wildman–Crippen MR) is 61.0 cm³/mol. The maximum atomic E-state index is 13.0. The summed E-state index contributed by atoms with van der Waals surface area (Å²) in [5.41, 5.74) is 0.472. The van der Waals surface area contributed by atoms with Crippen molar-refractivity contribution in [2.45, 2.75) is 25.8 Å². The van der Waals surface area contributed by atoms with Gasteiger partial charge in [-0.05, 0) is 45.0 Å². The van der Waals surface area contributed by atoms with E-state index >= 15 is 0 Å². The Hall–Kier alpha value is -1.22. The standard InChI is InChI=1S/C13H16FNO/c1-10(15-7-2-3-8-15)13(16)11-5-4-6-12(14)9-11/h4-6,9-10H,2-3,7-8H2,1H3/t10-/m1/s1.